The van der Waals surface area contributed by atoms with Gasteiger partial charge in [-0.2, -0.15) is 4.98 Å². The SMILES string of the molecule is CC1CCN(c2nc(C(=O)O)co2)CC1C. The fraction of sp³-hybridized carbons (Fsp3) is 0.636. The summed E-state index contributed by atoms with van der Waals surface area (Å²) in [6.45, 7) is 6.18. The maximum atomic E-state index is 10.7. The fourth-order valence-corrected chi connectivity index (χ4v) is 1.94. The van der Waals surface area contributed by atoms with E-state index in [1.54, 1.807) is 0 Å². The van der Waals surface area contributed by atoms with Gasteiger partial charge in [-0.3, -0.25) is 0 Å². The summed E-state index contributed by atoms with van der Waals surface area (Å²) in [4.78, 5) is 16.6. The van der Waals surface area contributed by atoms with E-state index < -0.39 is 5.97 Å². The highest BCUT2D eigenvalue weighted by Crippen LogP contribution is 2.26. The molecule has 0 spiro atoms. The molecule has 5 heteroatoms. The van der Waals surface area contributed by atoms with Gasteiger partial charge in [-0.1, -0.05) is 13.8 Å². The Morgan fingerprint density at radius 2 is 2.31 bits per heavy atom. The molecule has 0 amide bonds. The predicted molar refractivity (Wildman–Crippen MR) is 58.6 cm³/mol. The molecule has 0 bridgehead atoms. The Bertz CT molecular complexity index is 388. The molecule has 0 saturated carbocycles. The molecule has 5 nitrogen and oxygen atoms in total. The van der Waals surface area contributed by atoms with Gasteiger partial charge in [-0.15, -0.1) is 0 Å². The number of oxazole rings is 1. The molecular formula is C11H16N2O3. The van der Waals surface area contributed by atoms with Crippen molar-refractivity contribution in [2.45, 2.75) is 20.3 Å². The third-order valence-electron chi connectivity index (χ3n) is 3.32. The lowest BCUT2D eigenvalue weighted by Crippen LogP contribution is -2.38. The highest BCUT2D eigenvalue weighted by Gasteiger charge is 2.25. The smallest absolute Gasteiger partial charge is 0.357 e. The molecule has 1 N–H and O–H groups in total. The van der Waals surface area contributed by atoms with Crippen molar-refractivity contribution in [3.05, 3.63) is 12.0 Å². The van der Waals surface area contributed by atoms with E-state index in [0.717, 1.165) is 19.5 Å². The number of carboxylic acid groups (broad SMARTS) is 1. The topological polar surface area (TPSA) is 66.6 Å². The summed E-state index contributed by atoms with van der Waals surface area (Å²) < 4.78 is 5.18. The van der Waals surface area contributed by atoms with Crippen molar-refractivity contribution >= 4 is 12.0 Å². The van der Waals surface area contributed by atoms with Crippen LogP contribution in [0.4, 0.5) is 6.01 Å². The van der Waals surface area contributed by atoms with Gasteiger partial charge in [0.25, 0.3) is 6.01 Å². The van der Waals surface area contributed by atoms with E-state index in [0.29, 0.717) is 17.9 Å². The first kappa shape index (κ1) is 11.0. The van der Waals surface area contributed by atoms with Crippen LogP contribution in [0.5, 0.6) is 0 Å². The standard InChI is InChI=1S/C11H16N2O3/c1-7-3-4-13(5-8(7)2)11-12-9(6-16-11)10(14)15/h6-8H,3-5H2,1-2H3,(H,14,15). The van der Waals surface area contributed by atoms with E-state index in [9.17, 15) is 4.79 Å². The lowest BCUT2D eigenvalue weighted by atomic mass is 9.89. The first-order valence-electron chi connectivity index (χ1n) is 5.51. The Labute approximate surface area is 94.1 Å². The molecule has 1 saturated heterocycles. The van der Waals surface area contributed by atoms with E-state index >= 15 is 0 Å². The van der Waals surface area contributed by atoms with E-state index in [4.69, 9.17) is 9.52 Å². The first-order chi connectivity index (χ1) is 7.58. The normalized spacial score (nSPS) is 25.8. The minimum Gasteiger partial charge on any atom is -0.476 e. The van der Waals surface area contributed by atoms with Crippen LogP contribution in [0.25, 0.3) is 0 Å². The third kappa shape index (κ3) is 2.03. The summed E-state index contributed by atoms with van der Waals surface area (Å²) in [5.41, 5.74) is -0.0266. The van der Waals surface area contributed by atoms with Crippen molar-refractivity contribution in [1.82, 2.24) is 4.98 Å². The van der Waals surface area contributed by atoms with Crippen LogP contribution in [0.3, 0.4) is 0 Å². The zero-order valence-corrected chi connectivity index (χ0v) is 9.51. The van der Waals surface area contributed by atoms with Gasteiger partial charge >= 0.3 is 5.97 Å². The Morgan fingerprint density at radius 3 is 2.88 bits per heavy atom. The number of hydrogen-bond donors (Lipinski definition) is 1. The number of anilines is 1. The van der Waals surface area contributed by atoms with Crippen LogP contribution >= 0.6 is 0 Å². The van der Waals surface area contributed by atoms with Gasteiger partial charge < -0.3 is 14.4 Å². The van der Waals surface area contributed by atoms with Gasteiger partial charge in [0, 0.05) is 13.1 Å². The van der Waals surface area contributed by atoms with Crippen LogP contribution in [0.1, 0.15) is 30.8 Å². The van der Waals surface area contributed by atoms with Crippen molar-refractivity contribution in [2.24, 2.45) is 11.8 Å². The molecule has 1 aromatic rings. The molecule has 16 heavy (non-hydrogen) atoms. The van der Waals surface area contributed by atoms with Gasteiger partial charge in [-0.05, 0) is 18.3 Å². The highest BCUT2D eigenvalue weighted by atomic mass is 16.4. The maximum Gasteiger partial charge on any atom is 0.357 e. The van der Waals surface area contributed by atoms with Crippen LogP contribution < -0.4 is 4.90 Å². The molecule has 1 aliphatic rings. The molecule has 2 atom stereocenters. The second kappa shape index (κ2) is 4.15. The molecule has 2 unspecified atom stereocenters. The van der Waals surface area contributed by atoms with Gasteiger partial charge in [0.05, 0.1) is 0 Å². The molecule has 2 rings (SSSR count). The molecule has 0 radical (unpaired) electrons. The van der Waals surface area contributed by atoms with Gasteiger partial charge in [0.2, 0.25) is 0 Å². The number of carboxylic acids is 1. The molecule has 1 fully saturated rings. The second-order valence-electron chi connectivity index (χ2n) is 4.51. The molecule has 1 aliphatic heterocycles. The molecule has 0 aromatic carbocycles. The van der Waals surface area contributed by atoms with Crippen LogP contribution in [0.2, 0.25) is 0 Å². The quantitative estimate of drug-likeness (QED) is 0.830. The van der Waals surface area contributed by atoms with Crippen LogP contribution in [0.15, 0.2) is 10.7 Å². The van der Waals surface area contributed by atoms with Gasteiger partial charge in [0.15, 0.2) is 5.69 Å². The number of aromatic carboxylic acids is 1. The Kier molecular flexibility index (Phi) is 2.85. The minimum atomic E-state index is -1.05. The van der Waals surface area contributed by atoms with E-state index in [-0.39, 0.29) is 5.69 Å². The Balaban J connectivity index is 2.09. The Hall–Kier alpha value is -1.52. The average Bonchev–Trinajstić information content (AvgIpc) is 2.71. The lowest BCUT2D eigenvalue weighted by Gasteiger charge is -2.34. The number of carbonyl (C=O) groups is 1. The van der Waals surface area contributed by atoms with E-state index in [1.807, 2.05) is 4.90 Å². The molecule has 2 heterocycles. The number of nitrogens with zero attached hydrogens (tertiary/aromatic N) is 2. The van der Waals surface area contributed by atoms with E-state index in [1.165, 1.54) is 6.26 Å². The lowest BCUT2D eigenvalue weighted by molar-refractivity contribution is 0.0690. The van der Waals surface area contributed by atoms with Crippen LogP contribution in [-0.2, 0) is 0 Å². The summed E-state index contributed by atoms with van der Waals surface area (Å²) >= 11 is 0. The molecule has 0 aliphatic carbocycles. The second-order valence-corrected chi connectivity index (χ2v) is 4.51. The summed E-state index contributed by atoms with van der Waals surface area (Å²) in [5.74, 6) is 0.229. The predicted octanol–water partition coefficient (Wildman–Crippen LogP) is 1.86. The monoisotopic (exact) mass is 224 g/mol. The minimum absolute atomic E-state index is 0.0266. The number of aromatic nitrogens is 1. The molecular weight excluding hydrogens is 208 g/mol. The van der Waals surface area contributed by atoms with Crippen molar-refractivity contribution in [1.29, 1.82) is 0 Å². The summed E-state index contributed by atoms with van der Waals surface area (Å²) in [6.07, 6.45) is 2.28. The average molecular weight is 224 g/mol. The molecule has 88 valence electrons. The zero-order valence-electron chi connectivity index (χ0n) is 9.51. The Morgan fingerprint density at radius 1 is 1.56 bits per heavy atom. The maximum absolute atomic E-state index is 10.7. The number of hydrogen-bond acceptors (Lipinski definition) is 4. The molecule has 1 aromatic heterocycles. The van der Waals surface area contributed by atoms with Crippen molar-refractivity contribution in [2.75, 3.05) is 18.0 Å². The highest BCUT2D eigenvalue weighted by molar-refractivity contribution is 5.85. The summed E-state index contributed by atoms with van der Waals surface area (Å²) in [6, 6.07) is 0.427. The van der Waals surface area contributed by atoms with Crippen molar-refractivity contribution in [3.63, 3.8) is 0 Å². The van der Waals surface area contributed by atoms with Crippen LogP contribution in [-0.4, -0.2) is 29.1 Å². The van der Waals surface area contributed by atoms with Crippen molar-refractivity contribution in [3.8, 4) is 0 Å². The summed E-state index contributed by atoms with van der Waals surface area (Å²) in [5, 5.41) is 8.75. The third-order valence-corrected chi connectivity index (χ3v) is 3.32. The summed E-state index contributed by atoms with van der Waals surface area (Å²) in [7, 11) is 0. The van der Waals surface area contributed by atoms with Gasteiger partial charge in [0.1, 0.15) is 6.26 Å². The van der Waals surface area contributed by atoms with Crippen LogP contribution in [0, 0.1) is 11.8 Å². The first-order valence-corrected chi connectivity index (χ1v) is 5.51. The number of piperidine rings is 1. The number of rotatable bonds is 2. The largest absolute Gasteiger partial charge is 0.476 e. The zero-order chi connectivity index (χ0) is 11.7. The van der Waals surface area contributed by atoms with Crippen molar-refractivity contribution < 1.29 is 14.3 Å². The fourth-order valence-electron chi connectivity index (χ4n) is 1.94. The van der Waals surface area contributed by atoms with E-state index in [2.05, 4.69) is 18.8 Å². The van der Waals surface area contributed by atoms with Gasteiger partial charge in [-0.25, -0.2) is 4.79 Å².